The van der Waals surface area contributed by atoms with Crippen molar-refractivity contribution in [3.8, 4) is 5.75 Å². The highest BCUT2D eigenvalue weighted by molar-refractivity contribution is 14.0. The van der Waals surface area contributed by atoms with E-state index >= 15 is 0 Å². The third-order valence-electron chi connectivity index (χ3n) is 4.81. The number of carbonyl (C=O) groups excluding carboxylic acids is 1. The molecule has 2 aromatic carbocycles. The molecule has 0 atom stereocenters. The number of rotatable bonds is 6. The highest BCUT2D eigenvalue weighted by atomic mass is 127. The van der Waals surface area contributed by atoms with Gasteiger partial charge in [0.05, 0.1) is 10.6 Å². The number of carbonyl (C=O) groups is 1. The molecule has 0 bridgehead atoms. The van der Waals surface area contributed by atoms with Crippen LogP contribution >= 0.6 is 35.6 Å². The number of hydrogen-bond acceptors (Lipinski definition) is 3. The standard InChI is InChI=1S/C22H27ClN4O2.HI/c1-24-22(26-14-13-25-21(28)19-9-5-6-10-20(19)23)27-15-11-18(12-16-27)29-17-7-3-2-4-8-17;/h2-10,18H,11-16H2,1H3,(H,24,26)(H,25,28);1H. The number of aliphatic imine (C=N–C) groups is 1. The van der Waals surface area contributed by atoms with Crippen LogP contribution in [0.2, 0.25) is 5.02 Å². The lowest BCUT2D eigenvalue weighted by Gasteiger charge is -2.34. The first-order chi connectivity index (χ1) is 14.2. The average Bonchev–Trinajstić information content (AvgIpc) is 2.75. The van der Waals surface area contributed by atoms with Crippen molar-refractivity contribution in [2.24, 2.45) is 4.99 Å². The first-order valence-corrected chi connectivity index (χ1v) is 10.2. The van der Waals surface area contributed by atoms with Crippen molar-refractivity contribution in [3.63, 3.8) is 0 Å². The number of hydrogen-bond donors (Lipinski definition) is 2. The second kappa shape index (κ2) is 12.6. The first-order valence-electron chi connectivity index (χ1n) is 9.87. The molecule has 8 heteroatoms. The molecule has 1 aliphatic heterocycles. The third-order valence-corrected chi connectivity index (χ3v) is 5.14. The highest BCUT2D eigenvalue weighted by Crippen LogP contribution is 2.18. The summed E-state index contributed by atoms with van der Waals surface area (Å²) >= 11 is 6.06. The molecule has 1 heterocycles. The minimum absolute atomic E-state index is 0. The summed E-state index contributed by atoms with van der Waals surface area (Å²) in [6.45, 7) is 2.83. The SMILES string of the molecule is CN=C(NCCNC(=O)c1ccccc1Cl)N1CCC(Oc2ccccc2)CC1.I. The highest BCUT2D eigenvalue weighted by Gasteiger charge is 2.22. The molecule has 0 aromatic heterocycles. The minimum atomic E-state index is -0.175. The Hall–Kier alpha value is -2.00. The predicted molar refractivity (Wildman–Crippen MR) is 132 cm³/mol. The maximum absolute atomic E-state index is 12.2. The lowest BCUT2D eigenvalue weighted by Crippen LogP contribution is -2.48. The zero-order valence-electron chi connectivity index (χ0n) is 17.0. The molecule has 0 unspecified atom stereocenters. The maximum Gasteiger partial charge on any atom is 0.252 e. The van der Waals surface area contributed by atoms with Gasteiger partial charge in [-0.3, -0.25) is 9.79 Å². The van der Waals surface area contributed by atoms with Gasteiger partial charge in [0.2, 0.25) is 0 Å². The van der Waals surface area contributed by atoms with Crippen LogP contribution in [0, 0.1) is 0 Å². The first kappa shape index (κ1) is 24.3. The van der Waals surface area contributed by atoms with Crippen LogP contribution in [-0.2, 0) is 0 Å². The number of likely N-dealkylation sites (tertiary alicyclic amines) is 1. The second-order valence-electron chi connectivity index (χ2n) is 6.83. The molecule has 6 nitrogen and oxygen atoms in total. The molecular weight excluding hydrogens is 515 g/mol. The number of ether oxygens (including phenoxy) is 1. The van der Waals surface area contributed by atoms with Gasteiger partial charge in [-0.2, -0.15) is 0 Å². The van der Waals surface area contributed by atoms with Crippen molar-refractivity contribution in [2.45, 2.75) is 18.9 Å². The monoisotopic (exact) mass is 542 g/mol. The summed E-state index contributed by atoms with van der Waals surface area (Å²) in [5.41, 5.74) is 0.485. The zero-order chi connectivity index (χ0) is 20.5. The fraction of sp³-hybridized carbons (Fsp3) is 0.364. The lowest BCUT2D eigenvalue weighted by atomic mass is 10.1. The summed E-state index contributed by atoms with van der Waals surface area (Å²) < 4.78 is 6.05. The zero-order valence-corrected chi connectivity index (χ0v) is 20.1. The van der Waals surface area contributed by atoms with E-state index in [-0.39, 0.29) is 36.0 Å². The topological polar surface area (TPSA) is 66.0 Å². The van der Waals surface area contributed by atoms with Crippen molar-refractivity contribution in [1.29, 1.82) is 0 Å². The molecule has 1 saturated heterocycles. The van der Waals surface area contributed by atoms with Crippen molar-refractivity contribution in [1.82, 2.24) is 15.5 Å². The molecule has 0 radical (unpaired) electrons. The molecule has 1 amide bonds. The van der Waals surface area contributed by atoms with Crippen LogP contribution in [0.1, 0.15) is 23.2 Å². The Bertz CT molecular complexity index is 827. The summed E-state index contributed by atoms with van der Waals surface area (Å²) in [6.07, 6.45) is 2.11. The Labute approximate surface area is 200 Å². The summed E-state index contributed by atoms with van der Waals surface area (Å²) in [5, 5.41) is 6.64. The van der Waals surface area contributed by atoms with Gasteiger partial charge >= 0.3 is 0 Å². The maximum atomic E-state index is 12.2. The molecule has 162 valence electrons. The number of amides is 1. The molecule has 1 aliphatic rings. The summed E-state index contributed by atoms with van der Waals surface area (Å²) in [6, 6.07) is 17.0. The van der Waals surface area contributed by atoms with Gasteiger partial charge in [-0.1, -0.05) is 41.9 Å². The lowest BCUT2D eigenvalue weighted by molar-refractivity contribution is 0.0954. The summed E-state index contributed by atoms with van der Waals surface area (Å²) in [7, 11) is 1.78. The predicted octanol–water partition coefficient (Wildman–Crippen LogP) is 3.81. The molecule has 2 aromatic rings. The van der Waals surface area contributed by atoms with E-state index < -0.39 is 0 Å². The van der Waals surface area contributed by atoms with Crippen molar-refractivity contribution >= 4 is 47.4 Å². The van der Waals surface area contributed by atoms with Crippen LogP contribution in [0.5, 0.6) is 5.75 Å². The largest absolute Gasteiger partial charge is 0.490 e. The molecule has 0 spiro atoms. The quantitative estimate of drug-likeness (QED) is 0.252. The Morgan fingerprint density at radius 2 is 1.70 bits per heavy atom. The number of guanidine groups is 1. The molecule has 0 saturated carbocycles. The summed E-state index contributed by atoms with van der Waals surface area (Å²) in [5.74, 6) is 1.59. The Balaban J connectivity index is 0.00000320. The second-order valence-corrected chi connectivity index (χ2v) is 7.23. The minimum Gasteiger partial charge on any atom is -0.490 e. The molecule has 1 fully saturated rings. The average molecular weight is 543 g/mol. The van der Waals surface area contributed by atoms with Crippen LogP contribution in [-0.4, -0.2) is 56.1 Å². The number of nitrogens with zero attached hydrogens (tertiary/aromatic N) is 2. The van der Waals surface area contributed by atoms with Gasteiger partial charge in [0.1, 0.15) is 11.9 Å². The molecular formula is C22H28ClIN4O2. The van der Waals surface area contributed by atoms with Crippen molar-refractivity contribution in [2.75, 3.05) is 33.2 Å². The number of halogens is 2. The van der Waals surface area contributed by atoms with Gasteiger partial charge in [-0.25, -0.2) is 0 Å². The van der Waals surface area contributed by atoms with Crippen LogP contribution in [0.15, 0.2) is 59.6 Å². The molecule has 30 heavy (non-hydrogen) atoms. The van der Waals surface area contributed by atoms with Gasteiger partial charge in [-0.05, 0) is 24.3 Å². The smallest absolute Gasteiger partial charge is 0.252 e. The van der Waals surface area contributed by atoms with E-state index in [1.807, 2.05) is 30.3 Å². The van der Waals surface area contributed by atoms with Gasteiger partial charge in [0, 0.05) is 46.1 Å². The fourth-order valence-electron chi connectivity index (χ4n) is 3.30. The van der Waals surface area contributed by atoms with Crippen LogP contribution in [0.3, 0.4) is 0 Å². The van der Waals surface area contributed by atoms with E-state index in [1.165, 1.54) is 0 Å². The molecule has 2 N–H and O–H groups in total. The van der Waals surface area contributed by atoms with E-state index in [4.69, 9.17) is 16.3 Å². The van der Waals surface area contributed by atoms with Crippen LogP contribution < -0.4 is 15.4 Å². The van der Waals surface area contributed by atoms with Gasteiger partial charge in [0.15, 0.2) is 5.96 Å². The number of para-hydroxylation sites is 1. The van der Waals surface area contributed by atoms with Crippen molar-refractivity contribution in [3.05, 3.63) is 65.2 Å². The van der Waals surface area contributed by atoms with E-state index in [0.29, 0.717) is 23.7 Å². The van der Waals surface area contributed by atoms with E-state index in [0.717, 1.165) is 37.6 Å². The molecule has 3 rings (SSSR count). The Morgan fingerprint density at radius 1 is 1.07 bits per heavy atom. The number of benzene rings is 2. The fourth-order valence-corrected chi connectivity index (χ4v) is 3.52. The van der Waals surface area contributed by atoms with Crippen LogP contribution in [0.25, 0.3) is 0 Å². The third kappa shape index (κ3) is 7.05. The van der Waals surface area contributed by atoms with Gasteiger partial charge in [0.25, 0.3) is 5.91 Å². The number of piperidine rings is 1. The van der Waals surface area contributed by atoms with Gasteiger partial charge in [-0.15, -0.1) is 24.0 Å². The van der Waals surface area contributed by atoms with E-state index in [1.54, 1.807) is 31.3 Å². The Kier molecular flexibility index (Phi) is 10.2. The van der Waals surface area contributed by atoms with E-state index in [2.05, 4.69) is 20.5 Å². The van der Waals surface area contributed by atoms with E-state index in [9.17, 15) is 4.79 Å². The normalized spacial score (nSPS) is 14.6. The van der Waals surface area contributed by atoms with Gasteiger partial charge < -0.3 is 20.3 Å². The van der Waals surface area contributed by atoms with Crippen LogP contribution in [0.4, 0.5) is 0 Å². The number of nitrogens with one attached hydrogen (secondary N) is 2. The summed E-state index contributed by atoms with van der Waals surface area (Å²) in [4.78, 5) is 18.8. The van der Waals surface area contributed by atoms with Crippen molar-refractivity contribution < 1.29 is 9.53 Å². The molecule has 0 aliphatic carbocycles. The Morgan fingerprint density at radius 3 is 2.37 bits per heavy atom.